The lowest BCUT2D eigenvalue weighted by Gasteiger charge is -2.16. The Kier molecular flexibility index (Phi) is 29.7. The average molecular weight is 1340 g/mol. The van der Waals surface area contributed by atoms with E-state index in [1.165, 1.54) is 41.7 Å². The summed E-state index contributed by atoms with van der Waals surface area (Å²) in [7, 11) is 14.0. The molecule has 0 radical (unpaired) electrons. The number of nitrogens with zero attached hydrogens (tertiary/aromatic N) is 11. The van der Waals surface area contributed by atoms with E-state index in [2.05, 4.69) is 34.3 Å². The number of carbonyl (C=O) groups excluding carboxylic acids is 8. The molecule has 8 aromatic rings. The Morgan fingerprint density at radius 2 is 0.792 bits per heavy atom. The first-order chi connectivity index (χ1) is 44.3. The second kappa shape index (κ2) is 36.0. The number of carbonyl (C=O) groups is 9. The van der Waals surface area contributed by atoms with Crippen LogP contribution in [-0.4, -0.2) is 152 Å². The minimum absolute atomic E-state index is 0. The van der Waals surface area contributed by atoms with E-state index in [0.717, 1.165) is 24.2 Å². The minimum Gasteiger partial charge on any atom is -0.477 e. The fourth-order valence-electron chi connectivity index (χ4n) is 10.8. The number of nitrogens with one attached hydrogen (secondary N) is 2. The summed E-state index contributed by atoms with van der Waals surface area (Å²) < 4.78 is 13.1. The van der Waals surface area contributed by atoms with Crippen LogP contribution >= 0.6 is 11.8 Å². The summed E-state index contributed by atoms with van der Waals surface area (Å²) in [6, 6.07) is 9.93. The standard InChI is InChI=1S/C32H42BN7O5.C27H31BN6O6.C7H14OS.2CH4/c1-8-9-10-36(3)32(44)27-12-22(18-38(27)5)13-28(41)25-11-21(17-37(25)4)14-30(43)31-34-23(19-40(31)7)16-29(42)26-15-24(20-39(26)6)35-33(2)45;1-28(40)30-19-10-21(33(4)15-19)24(36)11-18-14-34(5)26(29-18)25(37)9-16-6-20(31(2)12-16)23(35)8-17-7-22(27(38)39)32(3)13-17;1-3-4-5-6-9-7(2)8;;/h11-12,15,17-20,35,45H,8-10,13-14,16H2,1-7H3;6-7,10,12-15,30,40H,8-9,11H2,1-5H3,(H,38,39);3-6H2,1-2H3;2*1H4. The number of carboxylic acid groups (broad SMARTS) is 1. The molecule has 0 aliphatic heterocycles. The van der Waals surface area contributed by atoms with Crippen molar-refractivity contribution in [3.05, 3.63) is 165 Å². The summed E-state index contributed by atoms with van der Waals surface area (Å²) in [6.07, 6.45) is 19.4. The van der Waals surface area contributed by atoms with Crippen LogP contribution in [0.4, 0.5) is 11.4 Å². The molecular weight excluding hydrogens is 1240 g/mol. The largest absolute Gasteiger partial charge is 0.477 e. The summed E-state index contributed by atoms with van der Waals surface area (Å²) in [6.45, 7) is 9.72. The van der Waals surface area contributed by atoms with E-state index < -0.39 is 20.1 Å². The SMILES string of the molecule is C.C.CB(O)Nc1cc(C(=O)Cc2cn(C)c(C(=O)Cc3cc(C(=O)Cc4cc(C(=O)O)n(C)c4)n(C)c3)n2)n(C)c1.CCCCCSC(C)=O.CCCCN(C)C(=O)c1cc(CC(=O)c2cc(CC(=O)c3nc(CC(=O)c4cc(NB(C)O)cn4C)cn3C)cn2C)cn1C. The number of thioether (sulfide) groups is 1. The minimum atomic E-state index is -1.07. The number of hydrogen-bond donors (Lipinski definition) is 5. The Labute approximate surface area is 567 Å². The third-order valence-electron chi connectivity index (χ3n) is 15.3. The third-order valence-corrected chi connectivity index (χ3v) is 16.2. The van der Waals surface area contributed by atoms with E-state index >= 15 is 0 Å². The quantitative estimate of drug-likeness (QED) is 0.0154. The molecule has 28 heteroatoms. The zero-order valence-corrected chi connectivity index (χ0v) is 57.1. The number of aromatic carboxylic acids is 1. The molecule has 0 aromatic carbocycles. The first-order valence-electron chi connectivity index (χ1n) is 31.0. The van der Waals surface area contributed by atoms with Crippen LogP contribution in [0.2, 0.25) is 13.6 Å². The van der Waals surface area contributed by atoms with Gasteiger partial charge in [0.1, 0.15) is 11.4 Å². The molecule has 0 aliphatic rings. The summed E-state index contributed by atoms with van der Waals surface area (Å²) >= 11 is 1.43. The van der Waals surface area contributed by atoms with E-state index in [1.54, 1.807) is 201 Å². The van der Waals surface area contributed by atoms with Crippen molar-refractivity contribution in [3.63, 3.8) is 0 Å². The number of carboxylic acids is 1. The van der Waals surface area contributed by atoms with E-state index in [-0.39, 0.29) is 116 Å². The molecule has 25 nitrogen and oxygen atoms in total. The van der Waals surface area contributed by atoms with Gasteiger partial charge < -0.3 is 67.0 Å². The van der Waals surface area contributed by atoms with Gasteiger partial charge in [0.2, 0.25) is 11.6 Å². The van der Waals surface area contributed by atoms with Gasteiger partial charge in [-0.1, -0.05) is 59.7 Å². The molecule has 0 bridgehead atoms. The maximum atomic E-state index is 13.2. The van der Waals surface area contributed by atoms with Crippen LogP contribution in [-0.2, 0) is 99.7 Å². The molecule has 0 saturated heterocycles. The average Bonchev–Trinajstić information content (AvgIpc) is 1.69. The number of unbranched alkanes of at least 4 members (excludes halogenated alkanes) is 3. The number of aryl methyl sites for hydroxylation is 8. The van der Waals surface area contributed by atoms with Gasteiger partial charge in [-0.05, 0) is 85.1 Å². The molecule has 8 rings (SSSR count). The molecule has 0 spiro atoms. The second-order valence-corrected chi connectivity index (χ2v) is 25.1. The zero-order valence-electron chi connectivity index (χ0n) is 56.3. The summed E-state index contributed by atoms with van der Waals surface area (Å²) in [5.74, 6) is -0.883. The summed E-state index contributed by atoms with van der Waals surface area (Å²) in [5, 5.41) is 34.2. The first-order valence-corrected chi connectivity index (χ1v) is 32.0. The second-order valence-electron chi connectivity index (χ2n) is 23.8. The molecule has 1 amide bonds. The Hall–Kier alpha value is -9.27. The van der Waals surface area contributed by atoms with E-state index in [1.807, 2.05) is 0 Å². The Balaban J connectivity index is 0.000000357. The van der Waals surface area contributed by atoms with Crippen LogP contribution < -0.4 is 10.5 Å². The topological polar surface area (TPSA) is 307 Å². The number of rotatable bonds is 31. The van der Waals surface area contributed by atoms with Crippen LogP contribution in [0.5, 0.6) is 0 Å². The Morgan fingerprint density at radius 1 is 0.458 bits per heavy atom. The number of amides is 1. The van der Waals surface area contributed by atoms with Gasteiger partial charge in [-0.25, -0.2) is 14.8 Å². The lowest BCUT2D eigenvalue weighted by molar-refractivity contribution is -0.109. The monoisotopic (exact) mass is 1340 g/mol. The normalized spacial score (nSPS) is 10.7. The lowest BCUT2D eigenvalue weighted by atomic mass is 9.89. The maximum Gasteiger partial charge on any atom is 0.406 e. The number of aromatic nitrogens is 10. The molecule has 8 heterocycles. The molecular formula is C68H95B2N13O12S. The van der Waals surface area contributed by atoms with Gasteiger partial charge in [0, 0.05) is 169 Å². The number of hydrogen-bond acceptors (Lipinski definition) is 16. The van der Waals surface area contributed by atoms with Crippen LogP contribution in [0.25, 0.3) is 0 Å². The molecule has 8 aromatic heterocycles. The smallest absolute Gasteiger partial charge is 0.406 e. The van der Waals surface area contributed by atoms with Crippen molar-refractivity contribution in [2.24, 2.45) is 56.4 Å². The van der Waals surface area contributed by atoms with Gasteiger partial charge in [0.05, 0.1) is 47.0 Å². The first kappa shape index (κ1) is 79.2. The highest BCUT2D eigenvalue weighted by Gasteiger charge is 2.25. The highest BCUT2D eigenvalue weighted by molar-refractivity contribution is 8.13. The molecule has 96 heavy (non-hydrogen) atoms. The summed E-state index contributed by atoms with van der Waals surface area (Å²) in [5.41, 5.74) is 7.21. The van der Waals surface area contributed by atoms with Crippen molar-refractivity contribution >= 4 is 88.9 Å². The van der Waals surface area contributed by atoms with Crippen molar-refractivity contribution in [1.29, 1.82) is 0 Å². The van der Waals surface area contributed by atoms with Gasteiger partial charge in [0.25, 0.3) is 5.91 Å². The van der Waals surface area contributed by atoms with Gasteiger partial charge in [0.15, 0.2) is 39.9 Å². The number of anilines is 2. The van der Waals surface area contributed by atoms with Crippen molar-refractivity contribution in [1.82, 2.24) is 51.4 Å². The van der Waals surface area contributed by atoms with Crippen LogP contribution in [0.15, 0.2) is 86.0 Å². The van der Waals surface area contributed by atoms with Crippen LogP contribution in [0, 0.1) is 0 Å². The predicted molar refractivity (Wildman–Crippen MR) is 377 cm³/mol. The highest BCUT2D eigenvalue weighted by Crippen LogP contribution is 2.22. The van der Waals surface area contributed by atoms with Crippen molar-refractivity contribution in [2.75, 3.05) is 29.8 Å². The Morgan fingerprint density at radius 3 is 1.16 bits per heavy atom. The van der Waals surface area contributed by atoms with Crippen LogP contribution in [0.1, 0.15) is 186 Å². The third kappa shape index (κ3) is 21.9. The zero-order chi connectivity index (χ0) is 69.4. The van der Waals surface area contributed by atoms with Gasteiger partial charge in [-0.3, -0.25) is 38.4 Å². The number of Topliss-reactive ketones (excluding diaryl/α,β-unsaturated/α-hetero) is 6. The Bertz CT molecular complexity index is 4050. The fourth-order valence-corrected chi connectivity index (χ4v) is 11.5. The highest BCUT2D eigenvalue weighted by atomic mass is 32.2. The molecule has 0 atom stereocenters. The fraction of sp³-hybridized carbons (Fsp3) is 0.426. The van der Waals surface area contributed by atoms with Gasteiger partial charge in [-0.15, -0.1) is 0 Å². The molecule has 0 fully saturated rings. The molecule has 0 saturated carbocycles. The van der Waals surface area contributed by atoms with Gasteiger partial charge >= 0.3 is 20.1 Å². The van der Waals surface area contributed by atoms with Crippen molar-refractivity contribution in [2.45, 2.75) is 120 Å². The molecule has 5 N–H and O–H groups in total. The van der Waals surface area contributed by atoms with E-state index in [9.17, 15) is 58.3 Å². The molecule has 516 valence electrons. The molecule has 0 aliphatic carbocycles. The summed E-state index contributed by atoms with van der Waals surface area (Å²) in [4.78, 5) is 123. The van der Waals surface area contributed by atoms with Gasteiger partial charge in [-0.2, -0.15) is 0 Å². The lowest BCUT2D eigenvalue weighted by Crippen LogP contribution is -2.29. The van der Waals surface area contributed by atoms with E-state index in [4.69, 9.17) is 0 Å². The number of imidazole rings is 2. The van der Waals surface area contributed by atoms with Crippen LogP contribution in [0.3, 0.4) is 0 Å². The van der Waals surface area contributed by atoms with Crippen molar-refractivity contribution in [3.8, 4) is 0 Å². The maximum absolute atomic E-state index is 13.2. The van der Waals surface area contributed by atoms with E-state index in [0.29, 0.717) is 74.5 Å². The molecule has 0 unspecified atom stereocenters. The number of ketones is 6. The van der Waals surface area contributed by atoms with Crippen molar-refractivity contribution < 1.29 is 58.3 Å². The predicted octanol–water partition coefficient (Wildman–Crippen LogP) is 8.77.